The van der Waals surface area contributed by atoms with Gasteiger partial charge in [-0.3, -0.25) is 14.5 Å². The number of amides is 1. The number of carbonyl (C=O) groups is 2. The van der Waals surface area contributed by atoms with Gasteiger partial charge in [0.05, 0.1) is 32.0 Å². The average Bonchev–Trinajstić information content (AvgIpc) is 3.03. The van der Waals surface area contributed by atoms with Crippen molar-refractivity contribution in [1.82, 2.24) is 15.1 Å². The van der Waals surface area contributed by atoms with Gasteiger partial charge in [0, 0.05) is 42.3 Å². The van der Waals surface area contributed by atoms with Crippen LogP contribution in [0.5, 0.6) is 5.75 Å². The number of carbonyl (C=O) groups excluding carboxylic acids is 2. The van der Waals surface area contributed by atoms with Crippen molar-refractivity contribution in [2.75, 3.05) is 47.1 Å². The molecule has 0 saturated carbocycles. The molecule has 1 aromatic rings. The lowest BCUT2D eigenvalue weighted by atomic mass is 9.74. The summed E-state index contributed by atoms with van der Waals surface area (Å²) in [5.41, 5.74) is 12.8. The number of benzene rings is 1. The van der Waals surface area contributed by atoms with E-state index in [0.717, 1.165) is 35.2 Å². The van der Waals surface area contributed by atoms with Crippen LogP contribution in [0.2, 0.25) is 0 Å². The third-order valence-corrected chi connectivity index (χ3v) is 7.94. The molecular formula is C28H38N4O4. The monoisotopic (exact) mass is 494 g/mol. The Hall–Kier alpha value is -3.10. The van der Waals surface area contributed by atoms with E-state index in [4.69, 9.17) is 15.2 Å². The van der Waals surface area contributed by atoms with E-state index in [-0.39, 0.29) is 29.8 Å². The summed E-state index contributed by atoms with van der Waals surface area (Å²) in [6, 6.07) is 3.68. The van der Waals surface area contributed by atoms with Crippen LogP contribution in [0.1, 0.15) is 43.9 Å². The smallest absolute Gasteiger partial charge is 0.225 e. The molecule has 0 radical (unpaired) electrons. The molecule has 0 saturated heterocycles. The molecule has 1 aliphatic carbocycles. The largest absolute Gasteiger partial charge is 0.495 e. The highest BCUT2D eigenvalue weighted by Crippen LogP contribution is 2.48. The number of nitrogens with one attached hydrogen (secondary N) is 1. The zero-order valence-corrected chi connectivity index (χ0v) is 22.2. The van der Waals surface area contributed by atoms with Crippen molar-refractivity contribution in [3.05, 3.63) is 57.9 Å². The molecular weight excluding hydrogens is 456 g/mol. The standard InChI is InChI=1S/C28H38N4O4/c1-8-22(33)30-14-20-24-18(15(2)16(3)28(36-7)27(24)34)13-19-26(31(4)5)23-17(11-12-32(19)20)9-10-21(35-6)25(23)29/h9-10,19-20,26H,2,8,11-14,29H2,1,3-7H3,(H,30,33)/t19?,20-,26-/m0/s1. The van der Waals surface area contributed by atoms with Crippen molar-refractivity contribution >= 4 is 17.4 Å². The number of anilines is 1. The highest BCUT2D eigenvalue weighted by molar-refractivity contribution is 6.11. The molecule has 3 aliphatic rings. The number of likely N-dealkylation sites (N-methyl/N-ethyl adjacent to an activating group) is 1. The minimum Gasteiger partial charge on any atom is -0.495 e. The average molecular weight is 495 g/mol. The Morgan fingerprint density at radius 2 is 2.00 bits per heavy atom. The molecule has 0 spiro atoms. The Bertz CT molecular complexity index is 1170. The van der Waals surface area contributed by atoms with Crippen molar-refractivity contribution < 1.29 is 19.1 Å². The lowest BCUT2D eigenvalue weighted by molar-refractivity contribution is -0.121. The molecule has 8 heteroatoms. The van der Waals surface area contributed by atoms with E-state index in [1.54, 1.807) is 7.11 Å². The van der Waals surface area contributed by atoms with Crippen molar-refractivity contribution in [2.24, 2.45) is 0 Å². The second kappa shape index (κ2) is 10.1. The molecule has 2 aliphatic heterocycles. The highest BCUT2D eigenvalue weighted by Gasteiger charge is 2.48. The van der Waals surface area contributed by atoms with Crippen LogP contribution < -0.4 is 15.8 Å². The van der Waals surface area contributed by atoms with E-state index in [9.17, 15) is 9.59 Å². The van der Waals surface area contributed by atoms with Gasteiger partial charge >= 0.3 is 0 Å². The Morgan fingerprint density at radius 3 is 2.61 bits per heavy atom. The molecule has 4 rings (SSSR count). The van der Waals surface area contributed by atoms with Crippen LogP contribution in [0.25, 0.3) is 0 Å². The number of nitrogens with zero attached hydrogens (tertiary/aromatic N) is 2. The van der Waals surface area contributed by atoms with Crippen molar-refractivity contribution in [2.45, 2.75) is 51.2 Å². The normalized spacial score (nSPS) is 24.2. The minimum atomic E-state index is -0.309. The van der Waals surface area contributed by atoms with Crippen LogP contribution in [-0.2, 0) is 20.7 Å². The first-order valence-corrected chi connectivity index (χ1v) is 12.5. The maximum atomic E-state index is 13.7. The summed E-state index contributed by atoms with van der Waals surface area (Å²) >= 11 is 0. The van der Waals surface area contributed by atoms with E-state index in [1.807, 2.05) is 19.9 Å². The number of rotatable bonds is 6. The first-order chi connectivity index (χ1) is 17.2. The molecule has 1 aromatic carbocycles. The summed E-state index contributed by atoms with van der Waals surface area (Å²) in [6.07, 6.45) is 1.80. The minimum absolute atomic E-state index is 0.0133. The molecule has 0 fully saturated rings. The molecule has 3 N–H and O–H groups in total. The van der Waals surface area contributed by atoms with Gasteiger partial charge in [-0.15, -0.1) is 0 Å². The van der Waals surface area contributed by atoms with Gasteiger partial charge in [-0.05, 0) is 56.6 Å². The van der Waals surface area contributed by atoms with Crippen LogP contribution in [0.3, 0.4) is 0 Å². The molecule has 1 unspecified atom stereocenters. The maximum absolute atomic E-state index is 13.7. The number of nitrogens with two attached hydrogens (primary N) is 1. The number of fused-ring (bicyclic) bond motifs is 2. The Labute approximate surface area is 213 Å². The van der Waals surface area contributed by atoms with E-state index >= 15 is 0 Å². The second-order valence-corrected chi connectivity index (χ2v) is 9.95. The van der Waals surface area contributed by atoms with Gasteiger partial charge in [-0.1, -0.05) is 19.6 Å². The predicted octanol–water partition coefficient (Wildman–Crippen LogP) is 2.76. The Morgan fingerprint density at radius 1 is 1.28 bits per heavy atom. The first kappa shape index (κ1) is 26.0. The van der Waals surface area contributed by atoms with Crippen LogP contribution >= 0.6 is 0 Å². The third-order valence-electron chi connectivity index (χ3n) is 7.94. The molecule has 194 valence electrons. The summed E-state index contributed by atoms with van der Waals surface area (Å²) in [5.74, 6) is 0.838. The third kappa shape index (κ3) is 4.12. The zero-order valence-electron chi connectivity index (χ0n) is 22.2. The topological polar surface area (TPSA) is 97.1 Å². The molecule has 8 nitrogen and oxygen atoms in total. The Kier molecular flexibility index (Phi) is 7.29. The fraction of sp³-hybridized carbons (Fsp3) is 0.500. The molecule has 1 amide bonds. The van der Waals surface area contributed by atoms with E-state index in [2.05, 4.69) is 41.9 Å². The number of hydrogen-bond acceptors (Lipinski definition) is 7. The molecule has 2 heterocycles. The molecule has 0 bridgehead atoms. The van der Waals surface area contributed by atoms with Gasteiger partial charge in [-0.2, -0.15) is 0 Å². The predicted molar refractivity (Wildman–Crippen MR) is 141 cm³/mol. The van der Waals surface area contributed by atoms with Gasteiger partial charge in [0.15, 0.2) is 5.76 Å². The van der Waals surface area contributed by atoms with Crippen molar-refractivity contribution in [3.63, 3.8) is 0 Å². The summed E-state index contributed by atoms with van der Waals surface area (Å²) in [6.45, 7) is 9.14. The highest BCUT2D eigenvalue weighted by atomic mass is 16.5. The van der Waals surface area contributed by atoms with Gasteiger partial charge in [-0.25, -0.2) is 0 Å². The van der Waals surface area contributed by atoms with Crippen LogP contribution in [0.4, 0.5) is 5.69 Å². The Balaban J connectivity index is 1.89. The lowest BCUT2D eigenvalue weighted by Gasteiger charge is -2.48. The SMILES string of the molecule is C=C1C(C)=C(OC)C(=O)C2=C1CC1[C@H](N(C)C)c3c(ccc(OC)c3N)CCN1[C@H]2CNC(=O)CC. The second-order valence-electron chi connectivity index (χ2n) is 9.95. The summed E-state index contributed by atoms with van der Waals surface area (Å²) < 4.78 is 11.1. The number of methoxy groups -OCH3 is 2. The fourth-order valence-corrected chi connectivity index (χ4v) is 6.13. The van der Waals surface area contributed by atoms with Gasteiger partial charge in [0.1, 0.15) is 5.75 Å². The number of allylic oxidation sites excluding steroid dienone is 3. The summed E-state index contributed by atoms with van der Waals surface area (Å²) in [4.78, 5) is 30.6. The number of ketones is 1. The lowest BCUT2D eigenvalue weighted by Crippen LogP contribution is -2.57. The van der Waals surface area contributed by atoms with Gasteiger partial charge < -0.3 is 25.4 Å². The van der Waals surface area contributed by atoms with Crippen LogP contribution in [0.15, 0.2) is 46.8 Å². The van der Waals surface area contributed by atoms with E-state index < -0.39 is 0 Å². The fourth-order valence-electron chi connectivity index (χ4n) is 6.13. The zero-order chi connectivity index (χ0) is 26.3. The van der Waals surface area contributed by atoms with Gasteiger partial charge in [0.25, 0.3) is 0 Å². The maximum Gasteiger partial charge on any atom is 0.225 e. The number of nitrogen functional groups attached to an aromatic ring is 1. The summed E-state index contributed by atoms with van der Waals surface area (Å²) in [5, 5.41) is 3.05. The molecule has 3 atom stereocenters. The molecule has 36 heavy (non-hydrogen) atoms. The number of hydrogen-bond donors (Lipinski definition) is 2. The quantitative estimate of drug-likeness (QED) is 0.587. The summed E-state index contributed by atoms with van der Waals surface area (Å²) in [7, 11) is 7.28. The van der Waals surface area contributed by atoms with Crippen molar-refractivity contribution in [3.8, 4) is 5.75 Å². The van der Waals surface area contributed by atoms with Gasteiger partial charge in [0.2, 0.25) is 11.7 Å². The van der Waals surface area contributed by atoms with E-state index in [1.165, 1.54) is 12.7 Å². The van der Waals surface area contributed by atoms with Crippen LogP contribution in [0, 0.1) is 0 Å². The number of ether oxygens (including phenoxy) is 2. The number of Topliss-reactive ketones (excluding diaryl/α,β-unsaturated/α-hetero) is 1. The van der Waals surface area contributed by atoms with E-state index in [0.29, 0.717) is 42.2 Å². The van der Waals surface area contributed by atoms with Crippen LogP contribution in [-0.4, -0.2) is 75.0 Å². The van der Waals surface area contributed by atoms with Crippen molar-refractivity contribution in [1.29, 1.82) is 0 Å². The first-order valence-electron chi connectivity index (χ1n) is 12.5. The molecule has 0 aromatic heterocycles.